The molecule has 3 aromatic rings. The van der Waals surface area contributed by atoms with Crippen molar-refractivity contribution in [3.8, 4) is 17.0 Å². The number of fused-ring (bicyclic) bond motifs is 1. The maximum absolute atomic E-state index is 12.1. The summed E-state index contributed by atoms with van der Waals surface area (Å²) in [6, 6.07) is 9.49. The lowest BCUT2D eigenvalue weighted by atomic mass is 10.1. The van der Waals surface area contributed by atoms with Gasteiger partial charge in [-0.15, -0.1) is 0 Å². The van der Waals surface area contributed by atoms with E-state index in [1.54, 1.807) is 19.4 Å². The van der Waals surface area contributed by atoms with Gasteiger partial charge in [-0.25, -0.2) is 14.8 Å². The number of urea groups is 1. The molecule has 0 bridgehead atoms. The Hall–Kier alpha value is -3.26. The third-order valence-electron chi connectivity index (χ3n) is 4.58. The van der Waals surface area contributed by atoms with E-state index in [0.717, 1.165) is 29.6 Å². The smallest absolute Gasteiger partial charge is 0.322 e. The molecule has 0 aliphatic rings. The van der Waals surface area contributed by atoms with Gasteiger partial charge >= 0.3 is 6.03 Å². The summed E-state index contributed by atoms with van der Waals surface area (Å²) in [5, 5.41) is 2.75. The fraction of sp³-hybridized carbons (Fsp3) is 0.364. The zero-order valence-corrected chi connectivity index (χ0v) is 17.9. The Morgan fingerprint density at radius 1 is 1.03 bits per heavy atom. The summed E-state index contributed by atoms with van der Waals surface area (Å²) in [7, 11) is 5.76. The summed E-state index contributed by atoms with van der Waals surface area (Å²) in [5.41, 5.74) is 3.41. The minimum atomic E-state index is -0.215. The Balaban J connectivity index is 1.75. The Morgan fingerprint density at radius 3 is 2.53 bits per heavy atom. The molecule has 0 fully saturated rings. The van der Waals surface area contributed by atoms with Crippen molar-refractivity contribution < 1.29 is 9.53 Å². The van der Waals surface area contributed by atoms with Gasteiger partial charge in [-0.1, -0.05) is 6.07 Å². The number of anilines is 1. The Labute approximate surface area is 176 Å². The van der Waals surface area contributed by atoms with Gasteiger partial charge in [0.05, 0.1) is 23.8 Å². The third-order valence-corrected chi connectivity index (χ3v) is 4.58. The first-order chi connectivity index (χ1) is 14.5. The first kappa shape index (κ1) is 21.4. The molecule has 0 spiro atoms. The van der Waals surface area contributed by atoms with Gasteiger partial charge in [0.15, 0.2) is 5.82 Å². The van der Waals surface area contributed by atoms with E-state index in [2.05, 4.69) is 25.2 Å². The molecule has 0 aliphatic carbocycles. The zero-order chi connectivity index (χ0) is 21.5. The highest BCUT2D eigenvalue weighted by atomic mass is 16.5. The number of hydrogen-bond acceptors (Lipinski definition) is 6. The number of ether oxygens (including phenoxy) is 1. The molecule has 2 aromatic heterocycles. The first-order valence-electron chi connectivity index (χ1n) is 10.00. The second-order valence-electron chi connectivity index (χ2n) is 7.22. The van der Waals surface area contributed by atoms with Crippen LogP contribution in [0.5, 0.6) is 5.88 Å². The number of carbonyl (C=O) groups is 1. The largest absolute Gasteiger partial charge is 0.478 e. The molecule has 8 nitrogen and oxygen atoms in total. The van der Waals surface area contributed by atoms with Gasteiger partial charge in [0.2, 0.25) is 5.88 Å². The van der Waals surface area contributed by atoms with E-state index in [1.807, 2.05) is 51.4 Å². The van der Waals surface area contributed by atoms with Gasteiger partial charge in [0.1, 0.15) is 0 Å². The van der Waals surface area contributed by atoms with E-state index < -0.39 is 0 Å². The predicted octanol–water partition coefficient (Wildman–Crippen LogP) is 3.19. The summed E-state index contributed by atoms with van der Waals surface area (Å²) >= 11 is 0. The van der Waals surface area contributed by atoms with E-state index in [0.29, 0.717) is 30.4 Å². The van der Waals surface area contributed by atoms with Gasteiger partial charge in [-0.05, 0) is 51.2 Å². The lowest BCUT2D eigenvalue weighted by Crippen LogP contribution is -2.37. The van der Waals surface area contributed by atoms with E-state index in [4.69, 9.17) is 4.74 Å². The van der Waals surface area contributed by atoms with Crippen LogP contribution in [-0.4, -0.2) is 66.7 Å². The summed E-state index contributed by atoms with van der Waals surface area (Å²) in [5.74, 6) is 1.11. The monoisotopic (exact) mass is 408 g/mol. The first-order valence-corrected chi connectivity index (χ1v) is 10.00. The molecule has 30 heavy (non-hydrogen) atoms. The van der Waals surface area contributed by atoms with Crippen LogP contribution in [0.1, 0.15) is 13.3 Å². The highest BCUT2D eigenvalue weighted by Crippen LogP contribution is 2.24. The van der Waals surface area contributed by atoms with Crippen LogP contribution in [0.3, 0.4) is 0 Å². The van der Waals surface area contributed by atoms with Crippen LogP contribution in [-0.2, 0) is 0 Å². The summed E-state index contributed by atoms with van der Waals surface area (Å²) in [6.45, 7) is 4.04. The molecule has 0 saturated carbocycles. The Kier molecular flexibility index (Phi) is 7.13. The number of pyridine rings is 1. The second kappa shape index (κ2) is 9.98. The van der Waals surface area contributed by atoms with Crippen molar-refractivity contribution in [1.82, 2.24) is 25.2 Å². The molecule has 0 unspecified atom stereocenters. The molecule has 0 saturated heterocycles. The molecule has 1 aromatic carbocycles. The highest BCUT2D eigenvalue weighted by molar-refractivity contribution is 5.91. The van der Waals surface area contributed by atoms with Gasteiger partial charge < -0.3 is 15.0 Å². The molecule has 0 atom stereocenters. The van der Waals surface area contributed by atoms with Crippen molar-refractivity contribution in [2.24, 2.45) is 0 Å². The topological polar surface area (TPSA) is 83.5 Å². The number of nitrogens with one attached hydrogen (secondary N) is 1. The van der Waals surface area contributed by atoms with Crippen LogP contribution >= 0.6 is 0 Å². The number of nitrogens with zero attached hydrogens (tertiary/aromatic N) is 5. The number of benzene rings is 1. The maximum Gasteiger partial charge on any atom is 0.322 e. The van der Waals surface area contributed by atoms with Crippen LogP contribution in [0.15, 0.2) is 42.7 Å². The van der Waals surface area contributed by atoms with E-state index >= 15 is 0 Å². The van der Waals surface area contributed by atoms with Gasteiger partial charge in [-0.2, -0.15) is 0 Å². The Bertz CT molecular complexity index is 991. The molecule has 0 radical (unpaired) electrons. The number of aromatic nitrogens is 3. The quantitative estimate of drug-likeness (QED) is 0.577. The van der Waals surface area contributed by atoms with Gasteiger partial charge in [0, 0.05) is 38.0 Å². The second-order valence-corrected chi connectivity index (χ2v) is 7.22. The van der Waals surface area contributed by atoms with Crippen LogP contribution in [0.25, 0.3) is 22.2 Å². The number of amides is 2. The summed E-state index contributed by atoms with van der Waals surface area (Å²) in [4.78, 5) is 29.1. The van der Waals surface area contributed by atoms with Crippen LogP contribution in [0.2, 0.25) is 0 Å². The van der Waals surface area contributed by atoms with Crippen molar-refractivity contribution in [3.63, 3.8) is 0 Å². The van der Waals surface area contributed by atoms with E-state index in [1.165, 1.54) is 4.90 Å². The third kappa shape index (κ3) is 5.42. The van der Waals surface area contributed by atoms with E-state index in [-0.39, 0.29) is 6.03 Å². The summed E-state index contributed by atoms with van der Waals surface area (Å²) < 4.78 is 5.70. The molecule has 8 heteroatoms. The molecule has 1 N–H and O–H groups in total. The Morgan fingerprint density at radius 2 is 1.83 bits per heavy atom. The number of rotatable bonds is 8. The standard InChI is InChI=1S/C22H28N6O2/c1-5-23-22(29)28(4)20-15-24-18-9-7-16(13-19(18)26-20)17-8-10-21(25-14-17)30-12-6-11-27(2)3/h7-10,13-15H,5-6,11-12H2,1-4H3,(H,23,29). The fourth-order valence-corrected chi connectivity index (χ4v) is 2.91. The lowest BCUT2D eigenvalue weighted by molar-refractivity contribution is 0.248. The van der Waals surface area contributed by atoms with Crippen LogP contribution in [0.4, 0.5) is 10.6 Å². The average Bonchev–Trinajstić information content (AvgIpc) is 2.76. The van der Waals surface area contributed by atoms with Gasteiger partial charge in [0.25, 0.3) is 0 Å². The average molecular weight is 409 g/mol. The molecular formula is C22H28N6O2. The minimum Gasteiger partial charge on any atom is -0.478 e. The van der Waals surface area contributed by atoms with Crippen molar-refractivity contribution >= 4 is 22.9 Å². The van der Waals surface area contributed by atoms with Crippen molar-refractivity contribution in [3.05, 3.63) is 42.7 Å². The fourth-order valence-electron chi connectivity index (χ4n) is 2.91. The van der Waals surface area contributed by atoms with Gasteiger partial charge in [-0.3, -0.25) is 9.88 Å². The highest BCUT2D eigenvalue weighted by Gasteiger charge is 2.12. The molecule has 158 valence electrons. The van der Waals surface area contributed by atoms with Crippen molar-refractivity contribution in [1.29, 1.82) is 0 Å². The normalized spacial score (nSPS) is 11.0. The molecular weight excluding hydrogens is 380 g/mol. The number of hydrogen-bond donors (Lipinski definition) is 1. The summed E-state index contributed by atoms with van der Waals surface area (Å²) in [6.07, 6.45) is 4.34. The SMILES string of the molecule is CCNC(=O)N(C)c1cnc2ccc(-c3ccc(OCCCN(C)C)nc3)cc2n1. The van der Waals surface area contributed by atoms with Crippen LogP contribution in [0, 0.1) is 0 Å². The molecule has 0 aliphatic heterocycles. The molecule has 2 heterocycles. The lowest BCUT2D eigenvalue weighted by Gasteiger charge is -2.16. The number of carbonyl (C=O) groups excluding carboxylic acids is 1. The van der Waals surface area contributed by atoms with Crippen molar-refractivity contribution in [2.45, 2.75) is 13.3 Å². The molecule has 2 amide bonds. The van der Waals surface area contributed by atoms with Crippen LogP contribution < -0.4 is 15.0 Å². The predicted molar refractivity (Wildman–Crippen MR) is 119 cm³/mol. The van der Waals surface area contributed by atoms with Crippen molar-refractivity contribution in [2.75, 3.05) is 45.7 Å². The maximum atomic E-state index is 12.1. The minimum absolute atomic E-state index is 0.215. The van der Waals surface area contributed by atoms with E-state index in [9.17, 15) is 4.79 Å². The molecule has 3 rings (SSSR count). The zero-order valence-electron chi connectivity index (χ0n) is 17.9.